The zero-order valence-electron chi connectivity index (χ0n) is 14.1. The number of ether oxygens (including phenoxy) is 1. The molecular formula is C18H19Cl2N3O3. The Bertz CT molecular complexity index is 867. The van der Waals surface area contributed by atoms with E-state index in [1.807, 2.05) is 0 Å². The van der Waals surface area contributed by atoms with E-state index < -0.39 is 0 Å². The van der Waals surface area contributed by atoms with Gasteiger partial charge in [0.1, 0.15) is 5.75 Å². The summed E-state index contributed by atoms with van der Waals surface area (Å²) in [7, 11) is 0. The number of carbonyl (C=O) groups excluding carboxylic acids is 1. The first-order valence-electron chi connectivity index (χ1n) is 8.47. The van der Waals surface area contributed by atoms with E-state index in [4.69, 9.17) is 27.9 Å². The van der Waals surface area contributed by atoms with Crippen LogP contribution in [0.25, 0.3) is 0 Å². The average Bonchev–Trinajstić information content (AvgIpc) is 2.61. The van der Waals surface area contributed by atoms with Gasteiger partial charge in [-0.15, -0.1) is 0 Å². The van der Waals surface area contributed by atoms with E-state index in [9.17, 15) is 9.59 Å². The zero-order valence-corrected chi connectivity index (χ0v) is 15.6. The second-order valence-corrected chi connectivity index (χ2v) is 6.94. The van der Waals surface area contributed by atoms with Crippen LogP contribution in [0.3, 0.4) is 0 Å². The van der Waals surface area contributed by atoms with Crippen molar-refractivity contribution in [2.24, 2.45) is 0 Å². The maximum atomic E-state index is 12.1. The molecule has 2 aromatic rings. The summed E-state index contributed by atoms with van der Waals surface area (Å²) in [5, 5.41) is 7.96. The summed E-state index contributed by atoms with van der Waals surface area (Å²) in [5.74, 6) is 0.0841. The average molecular weight is 396 g/mol. The van der Waals surface area contributed by atoms with Crippen molar-refractivity contribution < 1.29 is 9.53 Å². The predicted octanol–water partition coefficient (Wildman–Crippen LogP) is 2.62. The number of aromatic nitrogens is 2. The fourth-order valence-electron chi connectivity index (χ4n) is 2.85. The van der Waals surface area contributed by atoms with E-state index >= 15 is 0 Å². The Morgan fingerprint density at radius 2 is 2.04 bits per heavy atom. The maximum absolute atomic E-state index is 12.1. The molecule has 0 bridgehead atoms. The lowest BCUT2D eigenvalue weighted by atomic mass is 9.97. The van der Waals surface area contributed by atoms with Crippen molar-refractivity contribution in [3.05, 3.63) is 55.9 Å². The van der Waals surface area contributed by atoms with Gasteiger partial charge in [0.15, 0.2) is 6.61 Å². The van der Waals surface area contributed by atoms with Gasteiger partial charge in [0.2, 0.25) is 0 Å². The number of aryl methyl sites for hydroxylation is 2. The summed E-state index contributed by atoms with van der Waals surface area (Å²) in [5.41, 5.74) is 1.90. The van der Waals surface area contributed by atoms with Gasteiger partial charge in [-0.1, -0.05) is 23.2 Å². The van der Waals surface area contributed by atoms with Crippen LogP contribution >= 0.6 is 23.2 Å². The minimum absolute atomic E-state index is 0.135. The molecular weight excluding hydrogens is 377 g/mol. The van der Waals surface area contributed by atoms with Crippen molar-refractivity contribution in [3.8, 4) is 5.75 Å². The second kappa shape index (κ2) is 8.56. The number of rotatable bonds is 6. The number of amides is 1. The van der Waals surface area contributed by atoms with Crippen LogP contribution in [-0.2, 0) is 24.2 Å². The lowest BCUT2D eigenvalue weighted by molar-refractivity contribution is -0.123. The number of benzene rings is 1. The number of hydrogen-bond donors (Lipinski definition) is 1. The van der Waals surface area contributed by atoms with Crippen molar-refractivity contribution in [2.45, 2.75) is 32.2 Å². The molecule has 26 heavy (non-hydrogen) atoms. The Balaban J connectivity index is 1.48. The van der Waals surface area contributed by atoms with Crippen molar-refractivity contribution in [2.75, 3.05) is 13.2 Å². The van der Waals surface area contributed by atoms with E-state index in [0.717, 1.165) is 36.9 Å². The van der Waals surface area contributed by atoms with Gasteiger partial charge in [-0.3, -0.25) is 9.59 Å². The summed E-state index contributed by atoms with van der Waals surface area (Å²) < 4.78 is 6.77. The number of carbonyl (C=O) groups is 1. The summed E-state index contributed by atoms with van der Waals surface area (Å²) in [6, 6.07) is 6.45. The fourth-order valence-corrected chi connectivity index (χ4v) is 3.31. The molecule has 1 aliphatic carbocycles. The number of hydrogen-bond acceptors (Lipinski definition) is 4. The van der Waals surface area contributed by atoms with Crippen LogP contribution in [0.4, 0.5) is 0 Å². The van der Waals surface area contributed by atoms with Crippen molar-refractivity contribution in [3.63, 3.8) is 0 Å². The molecule has 0 aliphatic heterocycles. The second-order valence-electron chi connectivity index (χ2n) is 6.10. The van der Waals surface area contributed by atoms with Crippen molar-refractivity contribution >= 4 is 29.1 Å². The first-order valence-corrected chi connectivity index (χ1v) is 9.23. The van der Waals surface area contributed by atoms with Gasteiger partial charge in [0.25, 0.3) is 11.5 Å². The van der Waals surface area contributed by atoms with E-state index in [1.54, 1.807) is 24.3 Å². The first-order chi connectivity index (χ1) is 12.5. The Hall–Kier alpha value is -2.05. The van der Waals surface area contributed by atoms with Crippen LogP contribution < -0.4 is 15.6 Å². The van der Waals surface area contributed by atoms with Gasteiger partial charge in [0.05, 0.1) is 17.3 Å². The topological polar surface area (TPSA) is 73.2 Å². The fraction of sp³-hybridized carbons (Fsp3) is 0.389. The molecule has 0 saturated carbocycles. The third kappa shape index (κ3) is 4.77. The molecule has 0 radical (unpaired) electrons. The molecule has 8 heteroatoms. The molecule has 0 saturated heterocycles. The largest absolute Gasteiger partial charge is 0.482 e. The van der Waals surface area contributed by atoms with Crippen molar-refractivity contribution in [1.29, 1.82) is 0 Å². The monoisotopic (exact) mass is 395 g/mol. The van der Waals surface area contributed by atoms with E-state index in [2.05, 4.69) is 10.4 Å². The summed E-state index contributed by atoms with van der Waals surface area (Å²) >= 11 is 11.8. The quantitative estimate of drug-likeness (QED) is 0.815. The van der Waals surface area contributed by atoms with E-state index in [1.165, 1.54) is 4.68 Å². The van der Waals surface area contributed by atoms with Gasteiger partial charge in [-0.05, 0) is 49.4 Å². The van der Waals surface area contributed by atoms with Gasteiger partial charge < -0.3 is 10.1 Å². The Morgan fingerprint density at radius 1 is 1.23 bits per heavy atom. The molecule has 0 unspecified atom stereocenters. The van der Waals surface area contributed by atoms with Gasteiger partial charge in [-0.25, -0.2) is 4.68 Å². The molecule has 1 N–H and O–H groups in total. The highest BCUT2D eigenvalue weighted by molar-refractivity contribution is 6.35. The number of nitrogens with one attached hydrogen (secondary N) is 1. The third-order valence-electron chi connectivity index (χ3n) is 4.17. The SMILES string of the molecule is O=C(COc1ccc(Cl)cc1Cl)NCCn1nc2c(cc1=O)CCCC2. The highest BCUT2D eigenvalue weighted by Crippen LogP contribution is 2.27. The van der Waals surface area contributed by atoms with Crippen LogP contribution in [0.1, 0.15) is 24.1 Å². The lowest BCUT2D eigenvalue weighted by Gasteiger charge is -2.16. The molecule has 138 valence electrons. The molecule has 1 aromatic carbocycles. The smallest absolute Gasteiger partial charge is 0.267 e. The maximum Gasteiger partial charge on any atom is 0.267 e. The molecule has 1 amide bonds. The van der Waals surface area contributed by atoms with Crippen LogP contribution in [0, 0.1) is 0 Å². The van der Waals surface area contributed by atoms with Crippen LogP contribution in [0.2, 0.25) is 10.0 Å². The highest BCUT2D eigenvalue weighted by Gasteiger charge is 2.13. The Morgan fingerprint density at radius 3 is 2.85 bits per heavy atom. The molecule has 0 atom stereocenters. The van der Waals surface area contributed by atoms with Crippen molar-refractivity contribution in [1.82, 2.24) is 15.1 Å². The van der Waals surface area contributed by atoms with Gasteiger partial charge >= 0.3 is 0 Å². The summed E-state index contributed by atoms with van der Waals surface area (Å²) in [4.78, 5) is 24.0. The van der Waals surface area contributed by atoms with Crippen LogP contribution in [0.15, 0.2) is 29.1 Å². The predicted molar refractivity (Wildman–Crippen MR) is 100 cm³/mol. The summed E-state index contributed by atoms with van der Waals surface area (Å²) in [6.45, 7) is 0.440. The highest BCUT2D eigenvalue weighted by atomic mass is 35.5. The molecule has 1 heterocycles. The standard InChI is InChI=1S/C18H19Cl2N3O3/c19-13-5-6-16(14(20)10-13)26-11-17(24)21-7-8-23-18(25)9-12-3-1-2-4-15(12)22-23/h5-6,9-10H,1-4,7-8,11H2,(H,21,24). The number of nitrogens with zero attached hydrogens (tertiary/aromatic N) is 2. The van der Waals surface area contributed by atoms with Gasteiger partial charge in [0, 0.05) is 17.6 Å². The van der Waals surface area contributed by atoms with E-state index in [-0.39, 0.29) is 18.1 Å². The number of halogens is 2. The normalized spacial score (nSPS) is 13.2. The minimum atomic E-state index is -0.304. The first kappa shape index (κ1) is 18.7. The lowest BCUT2D eigenvalue weighted by Crippen LogP contribution is -2.35. The van der Waals surface area contributed by atoms with Gasteiger partial charge in [-0.2, -0.15) is 5.10 Å². The third-order valence-corrected chi connectivity index (χ3v) is 4.70. The van der Waals surface area contributed by atoms with Crippen LogP contribution in [0.5, 0.6) is 5.75 Å². The molecule has 6 nitrogen and oxygen atoms in total. The zero-order chi connectivity index (χ0) is 18.5. The van der Waals surface area contributed by atoms with Crippen LogP contribution in [-0.4, -0.2) is 28.8 Å². The number of fused-ring (bicyclic) bond motifs is 1. The molecule has 3 rings (SSSR count). The Kier molecular flexibility index (Phi) is 6.16. The molecule has 1 aliphatic rings. The molecule has 0 spiro atoms. The molecule has 0 fully saturated rings. The minimum Gasteiger partial charge on any atom is -0.482 e. The van der Waals surface area contributed by atoms with E-state index in [0.29, 0.717) is 28.9 Å². The Labute approximate surface area is 161 Å². The summed E-state index contributed by atoms with van der Waals surface area (Å²) in [6.07, 6.45) is 4.02. The molecule has 1 aromatic heterocycles.